The number of rotatable bonds is 2. The van der Waals surface area contributed by atoms with Crippen LogP contribution in [0.15, 0.2) is 36.4 Å². The number of fused-ring (bicyclic) bond motifs is 1. The van der Waals surface area contributed by atoms with Crippen LogP contribution in [0.25, 0.3) is 23.4 Å². The molecule has 0 fully saturated rings. The van der Waals surface area contributed by atoms with E-state index in [1.807, 2.05) is 0 Å². The van der Waals surface area contributed by atoms with E-state index in [0.29, 0.717) is 5.92 Å². The van der Waals surface area contributed by atoms with Crippen LogP contribution in [0.2, 0.25) is 0 Å². The van der Waals surface area contributed by atoms with Gasteiger partial charge in [0.05, 0.1) is 0 Å². The maximum absolute atomic E-state index is 6.14. The first kappa shape index (κ1) is 17.3. The molecule has 1 heteroatoms. The van der Waals surface area contributed by atoms with E-state index in [2.05, 4.69) is 83.7 Å². The van der Waals surface area contributed by atoms with Gasteiger partial charge in [-0.2, -0.15) is 0 Å². The molecular formula is C24H27N. The molecule has 0 aliphatic carbocycles. The van der Waals surface area contributed by atoms with Crippen molar-refractivity contribution >= 4 is 29.1 Å². The minimum atomic E-state index is 0.422. The largest absolute Gasteiger partial charge is 0.399 e. The van der Waals surface area contributed by atoms with E-state index in [4.69, 9.17) is 5.73 Å². The number of aryl methyl sites for hydroxylation is 3. The van der Waals surface area contributed by atoms with E-state index in [-0.39, 0.29) is 0 Å². The lowest BCUT2D eigenvalue weighted by molar-refractivity contribution is 0.863. The molecule has 3 aromatic rings. The topological polar surface area (TPSA) is 26.0 Å². The fourth-order valence-electron chi connectivity index (χ4n) is 3.52. The number of hydrogen-bond acceptors (Lipinski definition) is 1. The molecule has 0 saturated carbocycles. The third-order valence-electron chi connectivity index (χ3n) is 5.05. The highest BCUT2D eigenvalue weighted by atomic mass is 14.6. The Hall–Kier alpha value is -2.54. The predicted molar refractivity (Wildman–Crippen MR) is 111 cm³/mol. The molecule has 0 aromatic heterocycles. The molecule has 0 saturated heterocycles. The molecule has 0 unspecified atom stereocenters. The van der Waals surface area contributed by atoms with Gasteiger partial charge >= 0.3 is 0 Å². The van der Waals surface area contributed by atoms with Crippen LogP contribution in [-0.4, -0.2) is 0 Å². The molecule has 0 atom stereocenters. The Bertz CT molecular complexity index is 1070. The Balaban J connectivity index is 2.36. The highest BCUT2D eigenvalue weighted by Gasteiger charge is 2.08. The summed E-state index contributed by atoms with van der Waals surface area (Å²) in [5.74, 6) is 0.422. The highest BCUT2D eigenvalue weighted by Crippen LogP contribution is 2.25. The first-order valence-electron chi connectivity index (χ1n) is 8.88. The molecular weight excluding hydrogens is 302 g/mol. The summed E-state index contributed by atoms with van der Waals surface area (Å²) in [6, 6.07) is 13.2. The molecule has 0 amide bonds. The van der Waals surface area contributed by atoms with Crippen LogP contribution >= 0.6 is 0 Å². The number of hydrogen-bond donors (Lipinski definition) is 1. The quantitative estimate of drug-likeness (QED) is 0.677. The van der Waals surface area contributed by atoms with E-state index in [9.17, 15) is 0 Å². The van der Waals surface area contributed by atoms with E-state index in [1.54, 1.807) is 0 Å². The van der Waals surface area contributed by atoms with E-state index in [0.717, 1.165) is 16.5 Å². The van der Waals surface area contributed by atoms with Crippen molar-refractivity contribution in [2.75, 3.05) is 5.73 Å². The fourth-order valence-corrected chi connectivity index (χ4v) is 3.52. The van der Waals surface area contributed by atoms with Crippen molar-refractivity contribution < 1.29 is 0 Å². The molecule has 0 heterocycles. The Labute approximate surface area is 150 Å². The minimum absolute atomic E-state index is 0.422. The van der Waals surface area contributed by atoms with Gasteiger partial charge in [-0.05, 0) is 88.4 Å². The van der Waals surface area contributed by atoms with Gasteiger partial charge in [-0.25, -0.2) is 0 Å². The first-order chi connectivity index (χ1) is 11.8. The first-order valence-corrected chi connectivity index (χ1v) is 8.88. The molecule has 1 nitrogen and oxygen atoms in total. The van der Waals surface area contributed by atoms with Gasteiger partial charge in [0.25, 0.3) is 0 Å². The van der Waals surface area contributed by atoms with Gasteiger partial charge in [0.15, 0.2) is 0 Å². The monoisotopic (exact) mass is 329 g/mol. The van der Waals surface area contributed by atoms with Crippen LogP contribution in [0.5, 0.6) is 0 Å². The Morgan fingerprint density at radius 1 is 0.960 bits per heavy atom. The highest BCUT2D eigenvalue weighted by molar-refractivity contribution is 5.85. The zero-order valence-electron chi connectivity index (χ0n) is 15.9. The standard InChI is InChI=1S/C24H27N/c1-14(2)22-13-24(25)17(5)11-20(22)12-23-16(4)10-19-9-15(3)7-8-21(19)18(23)6/h7-14H,6,25H2,1-5H3. The van der Waals surface area contributed by atoms with Crippen molar-refractivity contribution in [1.29, 1.82) is 0 Å². The van der Waals surface area contributed by atoms with Crippen LogP contribution < -0.4 is 16.2 Å². The zero-order valence-corrected chi connectivity index (χ0v) is 15.9. The Morgan fingerprint density at radius 2 is 1.68 bits per heavy atom. The minimum Gasteiger partial charge on any atom is -0.399 e. The van der Waals surface area contributed by atoms with Crippen molar-refractivity contribution in [3.8, 4) is 0 Å². The van der Waals surface area contributed by atoms with Crippen LogP contribution in [0.3, 0.4) is 0 Å². The lowest BCUT2D eigenvalue weighted by Gasteiger charge is -2.14. The normalized spacial score (nSPS) is 12.3. The summed E-state index contributed by atoms with van der Waals surface area (Å²) in [7, 11) is 0. The summed E-state index contributed by atoms with van der Waals surface area (Å²) in [4.78, 5) is 0. The smallest absolute Gasteiger partial charge is 0.0347 e. The summed E-state index contributed by atoms with van der Waals surface area (Å²) < 4.78 is 0. The molecule has 0 spiro atoms. The third-order valence-corrected chi connectivity index (χ3v) is 5.05. The molecule has 0 aliphatic heterocycles. The summed E-state index contributed by atoms with van der Waals surface area (Å²) in [6.45, 7) is 15.2. The van der Waals surface area contributed by atoms with Crippen LogP contribution in [0.4, 0.5) is 5.69 Å². The SMILES string of the molecule is C=c1c(=Cc2cc(C)c(N)cc2C(C)C)c(C)cc2cc(C)ccc12. The second-order valence-corrected chi connectivity index (χ2v) is 7.45. The summed E-state index contributed by atoms with van der Waals surface area (Å²) in [5, 5.41) is 4.79. The fraction of sp³-hybridized carbons (Fsp3) is 0.250. The lowest BCUT2D eigenvalue weighted by Crippen LogP contribution is -2.27. The Morgan fingerprint density at radius 3 is 2.36 bits per heavy atom. The van der Waals surface area contributed by atoms with Crippen molar-refractivity contribution in [3.05, 3.63) is 74.7 Å². The van der Waals surface area contributed by atoms with E-state index in [1.165, 1.54) is 38.2 Å². The summed E-state index contributed by atoms with van der Waals surface area (Å²) in [5.41, 5.74) is 13.2. The molecule has 0 aliphatic rings. The maximum Gasteiger partial charge on any atom is 0.0347 e. The van der Waals surface area contributed by atoms with Crippen molar-refractivity contribution in [3.63, 3.8) is 0 Å². The maximum atomic E-state index is 6.14. The third kappa shape index (κ3) is 3.19. The van der Waals surface area contributed by atoms with Crippen molar-refractivity contribution in [2.45, 2.75) is 40.5 Å². The van der Waals surface area contributed by atoms with Crippen LogP contribution in [0.1, 0.15) is 47.6 Å². The van der Waals surface area contributed by atoms with E-state index < -0.39 is 0 Å². The number of nitrogens with two attached hydrogens (primary N) is 1. The number of anilines is 1. The molecule has 3 rings (SSSR count). The molecule has 2 N–H and O–H groups in total. The second-order valence-electron chi connectivity index (χ2n) is 7.45. The van der Waals surface area contributed by atoms with Gasteiger partial charge < -0.3 is 5.73 Å². The van der Waals surface area contributed by atoms with Crippen molar-refractivity contribution in [1.82, 2.24) is 0 Å². The van der Waals surface area contributed by atoms with Gasteiger partial charge in [0, 0.05) is 5.69 Å². The summed E-state index contributed by atoms with van der Waals surface area (Å²) in [6.07, 6.45) is 2.28. The molecule has 0 bridgehead atoms. The van der Waals surface area contributed by atoms with Gasteiger partial charge in [0.1, 0.15) is 0 Å². The zero-order chi connectivity index (χ0) is 18.3. The van der Waals surface area contributed by atoms with Gasteiger partial charge in [-0.1, -0.05) is 50.3 Å². The van der Waals surface area contributed by atoms with E-state index >= 15 is 0 Å². The van der Waals surface area contributed by atoms with Gasteiger partial charge in [-0.15, -0.1) is 0 Å². The lowest BCUT2D eigenvalue weighted by atomic mass is 9.92. The van der Waals surface area contributed by atoms with Crippen molar-refractivity contribution in [2.24, 2.45) is 0 Å². The number of benzene rings is 3. The van der Waals surface area contributed by atoms with Crippen LogP contribution in [-0.2, 0) is 0 Å². The summed E-state index contributed by atoms with van der Waals surface area (Å²) >= 11 is 0. The van der Waals surface area contributed by atoms with Crippen LogP contribution in [0, 0.1) is 20.8 Å². The average molecular weight is 329 g/mol. The average Bonchev–Trinajstić information content (AvgIpc) is 2.53. The predicted octanol–water partition coefficient (Wildman–Crippen LogP) is 4.71. The second kappa shape index (κ2) is 6.40. The molecule has 128 valence electrons. The number of nitrogen functional groups attached to an aromatic ring is 1. The van der Waals surface area contributed by atoms with Gasteiger partial charge in [0.2, 0.25) is 0 Å². The molecule has 25 heavy (non-hydrogen) atoms. The van der Waals surface area contributed by atoms with Gasteiger partial charge in [-0.3, -0.25) is 0 Å². The Kier molecular flexibility index (Phi) is 4.43. The molecule has 0 radical (unpaired) electrons. The molecule has 3 aromatic carbocycles.